The number of ether oxygens (including phenoxy) is 1. The van der Waals surface area contributed by atoms with E-state index in [0.29, 0.717) is 12.4 Å². The van der Waals surface area contributed by atoms with Gasteiger partial charge in [0.1, 0.15) is 5.84 Å². The summed E-state index contributed by atoms with van der Waals surface area (Å²) >= 11 is 0. The zero-order valence-electron chi connectivity index (χ0n) is 10.6. The fourth-order valence-electron chi connectivity index (χ4n) is 1.40. The molecule has 1 rings (SSSR count). The van der Waals surface area contributed by atoms with Gasteiger partial charge in [0.15, 0.2) is 0 Å². The molecule has 94 valence electrons. The number of nitrogens with zero attached hydrogens (tertiary/aromatic N) is 2. The summed E-state index contributed by atoms with van der Waals surface area (Å²) in [6, 6.07) is 9.82. The number of rotatable bonds is 7. The summed E-state index contributed by atoms with van der Waals surface area (Å²) in [6.07, 6.45) is 0. The van der Waals surface area contributed by atoms with Crippen molar-refractivity contribution in [3.63, 3.8) is 0 Å². The molecule has 17 heavy (non-hydrogen) atoms. The average Bonchev–Trinajstić information content (AvgIpc) is 2.37. The van der Waals surface area contributed by atoms with Crippen LogP contribution in [0.5, 0.6) is 0 Å². The van der Waals surface area contributed by atoms with Crippen LogP contribution in [-0.4, -0.2) is 51.1 Å². The van der Waals surface area contributed by atoms with Crippen LogP contribution in [0.3, 0.4) is 0 Å². The molecule has 0 radical (unpaired) electrons. The lowest BCUT2D eigenvalue weighted by Crippen LogP contribution is -2.26. The maximum absolute atomic E-state index is 5.89. The molecule has 0 heterocycles. The van der Waals surface area contributed by atoms with E-state index in [0.717, 1.165) is 25.3 Å². The molecule has 0 atom stereocenters. The second-order valence-corrected chi connectivity index (χ2v) is 3.93. The van der Waals surface area contributed by atoms with Crippen molar-refractivity contribution < 1.29 is 4.74 Å². The molecule has 4 nitrogen and oxygen atoms in total. The third-order valence-corrected chi connectivity index (χ3v) is 2.51. The molecule has 0 fully saturated rings. The Hall–Kier alpha value is -1.39. The molecule has 0 saturated heterocycles. The van der Waals surface area contributed by atoms with Gasteiger partial charge in [0.2, 0.25) is 0 Å². The predicted octanol–water partition coefficient (Wildman–Crippen LogP) is 0.970. The number of hydrogen-bond donors (Lipinski definition) is 1. The second kappa shape index (κ2) is 7.81. The zero-order valence-corrected chi connectivity index (χ0v) is 10.6. The molecule has 0 saturated carbocycles. The fourth-order valence-corrected chi connectivity index (χ4v) is 1.40. The molecule has 0 aliphatic rings. The summed E-state index contributed by atoms with van der Waals surface area (Å²) in [5.41, 5.74) is 6.87. The van der Waals surface area contributed by atoms with Gasteiger partial charge in [-0.1, -0.05) is 30.3 Å². The SMILES string of the molecule is COCCN(C)CCN=C(N)c1ccccc1. The lowest BCUT2D eigenvalue weighted by molar-refractivity contribution is 0.163. The smallest absolute Gasteiger partial charge is 0.125 e. The highest BCUT2D eigenvalue weighted by Crippen LogP contribution is 1.97. The van der Waals surface area contributed by atoms with E-state index < -0.39 is 0 Å². The van der Waals surface area contributed by atoms with Gasteiger partial charge in [-0.25, -0.2) is 0 Å². The Balaban J connectivity index is 2.34. The summed E-state index contributed by atoms with van der Waals surface area (Å²) in [6.45, 7) is 3.25. The van der Waals surface area contributed by atoms with Gasteiger partial charge in [0.25, 0.3) is 0 Å². The molecule has 0 unspecified atom stereocenters. The Morgan fingerprint density at radius 1 is 1.29 bits per heavy atom. The van der Waals surface area contributed by atoms with Gasteiger partial charge in [-0.3, -0.25) is 4.99 Å². The van der Waals surface area contributed by atoms with E-state index in [1.165, 1.54) is 0 Å². The summed E-state index contributed by atoms with van der Waals surface area (Å²) in [4.78, 5) is 6.53. The summed E-state index contributed by atoms with van der Waals surface area (Å²) in [7, 11) is 3.76. The highest BCUT2D eigenvalue weighted by atomic mass is 16.5. The van der Waals surface area contributed by atoms with E-state index in [2.05, 4.69) is 9.89 Å². The maximum Gasteiger partial charge on any atom is 0.125 e. The van der Waals surface area contributed by atoms with Crippen molar-refractivity contribution in [3.8, 4) is 0 Å². The fraction of sp³-hybridized carbons (Fsp3) is 0.462. The predicted molar refractivity (Wildman–Crippen MR) is 71.4 cm³/mol. The lowest BCUT2D eigenvalue weighted by Gasteiger charge is -2.14. The van der Waals surface area contributed by atoms with Crippen LogP contribution in [0.15, 0.2) is 35.3 Å². The van der Waals surface area contributed by atoms with Crippen molar-refractivity contribution in [3.05, 3.63) is 35.9 Å². The Kier molecular flexibility index (Phi) is 6.29. The van der Waals surface area contributed by atoms with Crippen LogP contribution in [-0.2, 0) is 4.74 Å². The standard InChI is InChI=1S/C13H21N3O/c1-16(10-11-17-2)9-8-15-13(14)12-6-4-3-5-7-12/h3-7H,8-11H2,1-2H3,(H2,14,15). The molecule has 0 aliphatic heterocycles. The normalized spacial score (nSPS) is 12.1. The van der Waals surface area contributed by atoms with E-state index in [1.54, 1.807) is 7.11 Å². The Bertz CT molecular complexity index is 338. The van der Waals surface area contributed by atoms with Gasteiger partial charge in [0.05, 0.1) is 13.2 Å². The van der Waals surface area contributed by atoms with Crippen LogP contribution in [0.2, 0.25) is 0 Å². The van der Waals surface area contributed by atoms with Crippen molar-refractivity contribution in [2.75, 3.05) is 40.4 Å². The first-order chi connectivity index (χ1) is 8.24. The lowest BCUT2D eigenvalue weighted by atomic mass is 10.2. The quantitative estimate of drug-likeness (QED) is 0.566. The minimum atomic E-state index is 0.603. The third kappa shape index (κ3) is 5.47. The van der Waals surface area contributed by atoms with Crippen LogP contribution < -0.4 is 5.73 Å². The number of aliphatic imine (C=N–C) groups is 1. The molecule has 0 aliphatic carbocycles. The van der Waals surface area contributed by atoms with Gasteiger partial charge in [0, 0.05) is 25.8 Å². The summed E-state index contributed by atoms with van der Waals surface area (Å²) < 4.78 is 5.01. The Morgan fingerprint density at radius 3 is 2.65 bits per heavy atom. The molecule has 1 aromatic rings. The first-order valence-corrected chi connectivity index (χ1v) is 5.77. The van der Waals surface area contributed by atoms with Gasteiger partial charge in [-0.15, -0.1) is 0 Å². The number of benzene rings is 1. The highest BCUT2D eigenvalue weighted by molar-refractivity contribution is 5.97. The van der Waals surface area contributed by atoms with Crippen molar-refractivity contribution in [1.29, 1.82) is 0 Å². The van der Waals surface area contributed by atoms with Gasteiger partial charge in [-0.2, -0.15) is 0 Å². The van der Waals surface area contributed by atoms with Crippen molar-refractivity contribution in [2.24, 2.45) is 10.7 Å². The monoisotopic (exact) mass is 235 g/mol. The molecule has 0 amide bonds. The highest BCUT2D eigenvalue weighted by Gasteiger charge is 1.98. The van der Waals surface area contributed by atoms with Gasteiger partial charge >= 0.3 is 0 Å². The third-order valence-electron chi connectivity index (χ3n) is 2.51. The molecule has 2 N–H and O–H groups in total. The van der Waals surface area contributed by atoms with E-state index in [-0.39, 0.29) is 0 Å². The number of hydrogen-bond acceptors (Lipinski definition) is 3. The van der Waals surface area contributed by atoms with Gasteiger partial charge in [-0.05, 0) is 7.05 Å². The van der Waals surface area contributed by atoms with Crippen molar-refractivity contribution in [2.45, 2.75) is 0 Å². The number of amidine groups is 1. The topological polar surface area (TPSA) is 50.8 Å². The van der Waals surface area contributed by atoms with E-state index in [9.17, 15) is 0 Å². The van der Waals surface area contributed by atoms with Gasteiger partial charge < -0.3 is 15.4 Å². The average molecular weight is 235 g/mol. The molecule has 0 aromatic heterocycles. The zero-order chi connectivity index (χ0) is 12.5. The van der Waals surface area contributed by atoms with Crippen LogP contribution in [0, 0.1) is 0 Å². The van der Waals surface area contributed by atoms with Crippen LogP contribution in [0.4, 0.5) is 0 Å². The van der Waals surface area contributed by atoms with Crippen LogP contribution in [0.1, 0.15) is 5.56 Å². The minimum Gasteiger partial charge on any atom is -0.384 e. The van der Waals surface area contributed by atoms with Crippen molar-refractivity contribution in [1.82, 2.24) is 4.90 Å². The van der Waals surface area contributed by atoms with Crippen LogP contribution in [0.25, 0.3) is 0 Å². The minimum absolute atomic E-state index is 0.603. The molecule has 4 heteroatoms. The second-order valence-electron chi connectivity index (χ2n) is 3.93. The number of nitrogens with two attached hydrogens (primary N) is 1. The summed E-state index contributed by atoms with van der Waals surface area (Å²) in [5.74, 6) is 0.603. The molecular weight excluding hydrogens is 214 g/mol. The van der Waals surface area contributed by atoms with E-state index in [4.69, 9.17) is 10.5 Å². The molecule has 0 spiro atoms. The molecule has 1 aromatic carbocycles. The molecule has 0 bridgehead atoms. The van der Waals surface area contributed by atoms with Crippen LogP contribution >= 0.6 is 0 Å². The summed E-state index contributed by atoms with van der Waals surface area (Å²) in [5, 5.41) is 0. The molecular formula is C13H21N3O. The largest absolute Gasteiger partial charge is 0.384 e. The van der Waals surface area contributed by atoms with E-state index >= 15 is 0 Å². The van der Waals surface area contributed by atoms with Crippen molar-refractivity contribution >= 4 is 5.84 Å². The van der Waals surface area contributed by atoms with E-state index in [1.807, 2.05) is 37.4 Å². The maximum atomic E-state index is 5.89. The Morgan fingerprint density at radius 2 is 2.00 bits per heavy atom. The number of methoxy groups -OCH3 is 1. The Labute approximate surface area is 103 Å². The first-order valence-electron chi connectivity index (χ1n) is 5.77. The first kappa shape index (κ1) is 13.7. The number of likely N-dealkylation sites (N-methyl/N-ethyl adjacent to an activating group) is 1.